The molecule has 0 saturated carbocycles. The van der Waals surface area contributed by atoms with Crippen molar-refractivity contribution in [2.45, 2.75) is 18.2 Å². The smallest absolute Gasteiger partial charge is 0.261 e. The van der Waals surface area contributed by atoms with Crippen LogP contribution in [0.2, 0.25) is 0 Å². The van der Waals surface area contributed by atoms with E-state index < -0.39 is 10.0 Å². The topological polar surface area (TPSA) is 84.5 Å². The van der Waals surface area contributed by atoms with Gasteiger partial charge in [0, 0.05) is 16.9 Å². The Hall–Kier alpha value is -2.84. The Bertz CT molecular complexity index is 1120. The van der Waals surface area contributed by atoms with Crippen LogP contribution in [-0.4, -0.2) is 20.9 Å². The number of anilines is 2. The minimum Gasteiger partial charge on any atom is -0.492 e. The normalized spacial score (nSPS) is 11.0. The highest BCUT2D eigenvalue weighted by Gasteiger charge is 2.15. The first-order chi connectivity index (χ1) is 14.4. The Morgan fingerprint density at radius 1 is 0.967 bits per heavy atom. The van der Waals surface area contributed by atoms with Gasteiger partial charge in [0.25, 0.3) is 15.9 Å². The van der Waals surface area contributed by atoms with Crippen LogP contribution < -0.4 is 14.8 Å². The summed E-state index contributed by atoms with van der Waals surface area (Å²) >= 11 is 3.41. The monoisotopic (exact) mass is 488 g/mol. The van der Waals surface area contributed by atoms with E-state index in [2.05, 4.69) is 26.0 Å². The van der Waals surface area contributed by atoms with Gasteiger partial charge < -0.3 is 10.1 Å². The van der Waals surface area contributed by atoms with Crippen molar-refractivity contribution in [2.75, 3.05) is 16.6 Å². The summed E-state index contributed by atoms with van der Waals surface area (Å²) < 4.78 is 33.8. The van der Waals surface area contributed by atoms with E-state index in [0.29, 0.717) is 33.8 Å². The lowest BCUT2D eigenvalue weighted by atomic mass is 10.2. The van der Waals surface area contributed by atoms with Crippen molar-refractivity contribution >= 4 is 43.2 Å². The molecule has 0 fully saturated rings. The highest BCUT2D eigenvalue weighted by Crippen LogP contribution is 2.27. The van der Waals surface area contributed by atoms with E-state index in [4.69, 9.17) is 4.74 Å². The van der Waals surface area contributed by atoms with Crippen LogP contribution in [0.5, 0.6) is 5.75 Å². The lowest BCUT2D eigenvalue weighted by molar-refractivity contribution is 0.102. The van der Waals surface area contributed by atoms with Crippen molar-refractivity contribution in [3.05, 3.63) is 82.8 Å². The number of hydrogen-bond acceptors (Lipinski definition) is 4. The van der Waals surface area contributed by atoms with E-state index >= 15 is 0 Å². The van der Waals surface area contributed by atoms with Gasteiger partial charge in [0.2, 0.25) is 0 Å². The third kappa shape index (κ3) is 5.61. The third-order valence-electron chi connectivity index (χ3n) is 4.10. The number of para-hydroxylation sites is 1. The zero-order valence-corrected chi connectivity index (χ0v) is 18.7. The van der Waals surface area contributed by atoms with Crippen LogP contribution in [-0.2, 0) is 10.0 Å². The predicted octanol–water partition coefficient (Wildman–Crippen LogP) is 5.29. The summed E-state index contributed by atoms with van der Waals surface area (Å²) in [6.45, 7) is 2.61. The number of sulfonamides is 1. The van der Waals surface area contributed by atoms with Gasteiger partial charge in [-0.15, -0.1) is 0 Å². The number of carbonyl (C=O) groups is 1. The number of nitrogens with one attached hydrogen (secondary N) is 2. The molecule has 3 aromatic rings. The Morgan fingerprint density at radius 3 is 2.30 bits per heavy atom. The molecule has 0 unspecified atom stereocenters. The molecule has 3 aromatic carbocycles. The molecule has 2 N–H and O–H groups in total. The van der Waals surface area contributed by atoms with Crippen molar-refractivity contribution in [3.8, 4) is 5.75 Å². The van der Waals surface area contributed by atoms with Crippen molar-refractivity contribution in [2.24, 2.45) is 0 Å². The summed E-state index contributed by atoms with van der Waals surface area (Å²) in [5, 5.41) is 2.76. The Kier molecular flexibility index (Phi) is 7.12. The van der Waals surface area contributed by atoms with E-state index in [-0.39, 0.29) is 10.8 Å². The van der Waals surface area contributed by atoms with Crippen molar-refractivity contribution in [3.63, 3.8) is 0 Å². The number of carbonyl (C=O) groups excluding carboxylic acids is 1. The quantitative estimate of drug-likeness (QED) is 0.450. The van der Waals surface area contributed by atoms with Crippen molar-refractivity contribution in [1.29, 1.82) is 0 Å². The molecule has 0 aliphatic rings. The lowest BCUT2D eigenvalue weighted by Gasteiger charge is -2.11. The zero-order valence-electron chi connectivity index (χ0n) is 16.3. The van der Waals surface area contributed by atoms with E-state index in [1.165, 1.54) is 12.1 Å². The number of benzene rings is 3. The fourth-order valence-corrected chi connectivity index (χ4v) is 4.16. The van der Waals surface area contributed by atoms with Crippen LogP contribution in [0.4, 0.5) is 11.4 Å². The summed E-state index contributed by atoms with van der Waals surface area (Å²) in [6, 6.07) is 19.7. The first-order valence-electron chi connectivity index (χ1n) is 9.30. The number of hydrogen-bond donors (Lipinski definition) is 2. The largest absolute Gasteiger partial charge is 0.492 e. The maximum absolute atomic E-state index is 12.5. The van der Waals surface area contributed by atoms with Gasteiger partial charge >= 0.3 is 0 Å². The molecule has 156 valence electrons. The van der Waals surface area contributed by atoms with Gasteiger partial charge in [0.1, 0.15) is 5.75 Å². The van der Waals surface area contributed by atoms with Crippen LogP contribution in [0.15, 0.2) is 82.2 Å². The Labute approximate surface area is 184 Å². The Morgan fingerprint density at radius 2 is 1.67 bits per heavy atom. The van der Waals surface area contributed by atoms with E-state index in [1.54, 1.807) is 60.7 Å². The molecule has 0 saturated heterocycles. The highest BCUT2D eigenvalue weighted by molar-refractivity contribution is 9.10. The Balaban J connectivity index is 1.68. The maximum atomic E-state index is 12.5. The molecule has 3 rings (SSSR count). The van der Waals surface area contributed by atoms with Crippen LogP contribution in [0.3, 0.4) is 0 Å². The predicted molar refractivity (Wildman–Crippen MR) is 122 cm³/mol. The molecule has 0 aliphatic heterocycles. The fraction of sp³-hybridized carbons (Fsp3) is 0.136. The van der Waals surface area contributed by atoms with Crippen LogP contribution in [0, 0.1) is 0 Å². The summed E-state index contributed by atoms with van der Waals surface area (Å²) in [5.41, 5.74) is 1.42. The van der Waals surface area contributed by atoms with Gasteiger partial charge in [-0.1, -0.05) is 25.1 Å². The molecule has 0 aliphatic carbocycles. The second-order valence-corrected chi connectivity index (χ2v) is 8.98. The minimum atomic E-state index is -3.71. The molecule has 30 heavy (non-hydrogen) atoms. The minimum absolute atomic E-state index is 0.101. The van der Waals surface area contributed by atoms with Gasteiger partial charge in [0.05, 0.1) is 16.0 Å². The molecular formula is C22H21BrN2O4S. The first-order valence-corrected chi connectivity index (χ1v) is 11.6. The fourth-order valence-electron chi connectivity index (χ4n) is 2.61. The number of amides is 1. The molecule has 0 heterocycles. The van der Waals surface area contributed by atoms with Gasteiger partial charge in [-0.25, -0.2) is 8.42 Å². The van der Waals surface area contributed by atoms with Gasteiger partial charge in [-0.2, -0.15) is 0 Å². The maximum Gasteiger partial charge on any atom is 0.261 e. The summed E-state index contributed by atoms with van der Waals surface area (Å²) in [7, 11) is -3.71. The van der Waals surface area contributed by atoms with Crippen LogP contribution in [0.25, 0.3) is 0 Å². The molecule has 0 bridgehead atoms. The van der Waals surface area contributed by atoms with Gasteiger partial charge in [-0.05, 0) is 76.9 Å². The molecule has 8 heteroatoms. The highest BCUT2D eigenvalue weighted by atomic mass is 79.9. The summed E-state index contributed by atoms with van der Waals surface area (Å²) in [5.74, 6) is 0.365. The van der Waals surface area contributed by atoms with Gasteiger partial charge in [0.15, 0.2) is 0 Å². The average molecular weight is 489 g/mol. The average Bonchev–Trinajstić information content (AvgIpc) is 2.73. The molecule has 0 spiro atoms. The van der Waals surface area contributed by atoms with Crippen molar-refractivity contribution in [1.82, 2.24) is 0 Å². The standard InChI is InChI=1S/C22H21BrN2O4S/c1-2-14-29-21-13-8-16(15-20(21)23)22(26)24-17-9-11-19(12-10-17)30(27,28)25-18-6-4-3-5-7-18/h3-13,15,25H,2,14H2,1H3,(H,24,26). The van der Waals surface area contributed by atoms with E-state index in [0.717, 1.165) is 6.42 Å². The number of ether oxygens (including phenoxy) is 1. The zero-order chi connectivity index (χ0) is 21.6. The molecular weight excluding hydrogens is 468 g/mol. The molecule has 0 atom stereocenters. The molecule has 1 amide bonds. The van der Waals surface area contributed by atoms with Gasteiger partial charge in [-0.3, -0.25) is 9.52 Å². The second-order valence-electron chi connectivity index (χ2n) is 6.44. The molecule has 6 nitrogen and oxygen atoms in total. The second kappa shape index (κ2) is 9.77. The van der Waals surface area contributed by atoms with Crippen LogP contribution >= 0.6 is 15.9 Å². The lowest BCUT2D eigenvalue weighted by Crippen LogP contribution is -2.14. The number of rotatable bonds is 8. The summed E-state index contributed by atoms with van der Waals surface area (Å²) in [4.78, 5) is 12.6. The van der Waals surface area contributed by atoms with Crippen LogP contribution in [0.1, 0.15) is 23.7 Å². The first kappa shape index (κ1) is 21.9. The van der Waals surface area contributed by atoms with Crippen molar-refractivity contribution < 1.29 is 17.9 Å². The third-order valence-corrected chi connectivity index (χ3v) is 6.12. The van der Waals surface area contributed by atoms with E-state index in [1.807, 2.05) is 6.92 Å². The van der Waals surface area contributed by atoms with E-state index in [9.17, 15) is 13.2 Å². The summed E-state index contributed by atoms with van der Waals surface area (Å²) in [6.07, 6.45) is 0.890. The number of halogens is 1. The SMILES string of the molecule is CCCOc1ccc(C(=O)Nc2ccc(S(=O)(=O)Nc3ccccc3)cc2)cc1Br. The molecule has 0 aromatic heterocycles. The molecule has 0 radical (unpaired) electrons.